The van der Waals surface area contributed by atoms with Gasteiger partial charge in [-0.15, -0.1) is 0 Å². The Hall–Kier alpha value is -1.80. The zero-order chi connectivity index (χ0) is 14.1. The fourth-order valence-electron chi connectivity index (χ4n) is 1.19. The van der Waals surface area contributed by atoms with E-state index in [9.17, 15) is 13.2 Å². The van der Waals surface area contributed by atoms with Gasteiger partial charge in [0.15, 0.2) is 15.8 Å². The number of anilines is 1. The first kappa shape index (κ1) is 14.3. The molecule has 7 nitrogen and oxygen atoms in total. The molecule has 0 aliphatic carbocycles. The number of carbonyl (C=O) groups excluding carboxylic acids is 1. The summed E-state index contributed by atoms with van der Waals surface area (Å²) in [5, 5.41) is -0.140. The lowest BCUT2D eigenvalue weighted by Crippen LogP contribution is -2.24. The first-order valence-electron chi connectivity index (χ1n) is 4.56. The van der Waals surface area contributed by atoms with Crippen LogP contribution in [-0.4, -0.2) is 26.5 Å². The van der Waals surface area contributed by atoms with Crippen molar-refractivity contribution in [2.75, 3.05) is 12.0 Å². The highest BCUT2D eigenvalue weighted by Gasteiger charge is 2.18. The van der Waals surface area contributed by atoms with Crippen LogP contribution in [0.4, 0.5) is 5.69 Å². The van der Waals surface area contributed by atoms with E-state index in [1.165, 1.54) is 6.07 Å². The van der Waals surface area contributed by atoms with Gasteiger partial charge in [0.2, 0.25) is 0 Å². The molecule has 1 amide bonds. The fourth-order valence-corrected chi connectivity index (χ4v) is 2.51. The van der Waals surface area contributed by atoms with Crippen LogP contribution in [0.3, 0.4) is 0 Å². The Morgan fingerprint density at radius 2 is 1.89 bits per heavy atom. The summed E-state index contributed by atoms with van der Waals surface area (Å²) >= 11 is 5.76. The Labute approximate surface area is 109 Å². The number of nitrogens with two attached hydrogens (primary N) is 3. The van der Waals surface area contributed by atoms with Gasteiger partial charge in [0.25, 0.3) is 5.91 Å². The van der Waals surface area contributed by atoms with Crippen molar-refractivity contribution in [2.45, 2.75) is 4.90 Å². The predicted molar refractivity (Wildman–Crippen MR) is 69.1 cm³/mol. The number of nitrogens with zero attached hydrogens (tertiary/aromatic N) is 1. The van der Waals surface area contributed by atoms with E-state index in [0.29, 0.717) is 0 Å². The van der Waals surface area contributed by atoms with Crippen LogP contribution in [0.2, 0.25) is 5.02 Å². The maximum Gasteiger partial charge on any atom is 0.280 e. The van der Waals surface area contributed by atoms with E-state index in [-0.39, 0.29) is 21.2 Å². The van der Waals surface area contributed by atoms with E-state index < -0.39 is 21.7 Å². The average Bonchev–Trinajstić information content (AvgIpc) is 2.18. The minimum absolute atomic E-state index is 0.0475. The summed E-state index contributed by atoms with van der Waals surface area (Å²) in [6, 6.07) is 2.27. The number of guanidine groups is 1. The second-order valence-electron chi connectivity index (χ2n) is 3.49. The Morgan fingerprint density at radius 1 is 1.33 bits per heavy atom. The van der Waals surface area contributed by atoms with Gasteiger partial charge in [-0.3, -0.25) is 4.79 Å². The standard InChI is InChI=1S/C9H11ClN4O3S/c1-18(16,17)6-3-4(2-5(11)7(6)10)8(15)14-9(12)13/h2-3H,11H2,1H3,(H4,12,13,14,15). The van der Waals surface area contributed by atoms with Crippen molar-refractivity contribution in [3.05, 3.63) is 22.7 Å². The highest BCUT2D eigenvalue weighted by molar-refractivity contribution is 7.90. The van der Waals surface area contributed by atoms with Crippen LogP contribution >= 0.6 is 11.6 Å². The number of hydrogen-bond acceptors (Lipinski definition) is 4. The Balaban J connectivity index is 3.48. The van der Waals surface area contributed by atoms with Gasteiger partial charge in [-0.1, -0.05) is 11.6 Å². The molecule has 0 spiro atoms. The normalized spacial score (nSPS) is 11.0. The van der Waals surface area contributed by atoms with Crippen LogP contribution in [0.5, 0.6) is 0 Å². The summed E-state index contributed by atoms with van der Waals surface area (Å²) in [6.07, 6.45) is 0.947. The van der Waals surface area contributed by atoms with Crippen molar-refractivity contribution >= 4 is 39.0 Å². The highest BCUT2D eigenvalue weighted by atomic mass is 35.5. The fraction of sp³-hybridized carbons (Fsp3) is 0.111. The predicted octanol–water partition coefficient (Wildman–Crippen LogP) is -0.261. The minimum Gasteiger partial charge on any atom is -0.397 e. The van der Waals surface area contributed by atoms with Gasteiger partial charge < -0.3 is 17.2 Å². The Kier molecular flexibility index (Phi) is 3.82. The van der Waals surface area contributed by atoms with Crippen LogP contribution in [0.15, 0.2) is 22.0 Å². The van der Waals surface area contributed by atoms with E-state index in [0.717, 1.165) is 12.3 Å². The molecule has 0 aliphatic heterocycles. The smallest absolute Gasteiger partial charge is 0.280 e. The summed E-state index contributed by atoms with van der Waals surface area (Å²) in [7, 11) is -3.62. The molecule has 0 aromatic heterocycles. The monoisotopic (exact) mass is 290 g/mol. The molecule has 6 N–H and O–H groups in total. The molecule has 0 fully saturated rings. The average molecular weight is 291 g/mol. The number of halogens is 1. The topological polar surface area (TPSA) is 142 Å². The number of amides is 1. The Morgan fingerprint density at radius 3 is 2.33 bits per heavy atom. The molecule has 1 aromatic rings. The second-order valence-corrected chi connectivity index (χ2v) is 5.85. The number of benzene rings is 1. The van der Waals surface area contributed by atoms with Crippen LogP contribution < -0.4 is 17.2 Å². The van der Waals surface area contributed by atoms with Gasteiger partial charge in [0.05, 0.1) is 15.6 Å². The summed E-state index contributed by atoms with van der Waals surface area (Å²) in [5.41, 5.74) is 15.5. The first-order chi connectivity index (χ1) is 8.12. The Bertz CT molecular complexity index is 635. The number of hydrogen-bond donors (Lipinski definition) is 3. The van der Waals surface area contributed by atoms with E-state index in [1.807, 2.05) is 0 Å². The zero-order valence-corrected chi connectivity index (χ0v) is 10.9. The maximum absolute atomic E-state index is 11.6. The number of nitrogen functional groups attached to an aromatic ring is 1. The molecule has 0 aliphatic rings. The highest BCUT2D eigenvalue weighted by Crippen LogP contribution is 2.29. The van der Waals surface area contributed by atoms with Crippen molar-refractivity contribution in [1.82, 2.24) is 0 Å². The zero-order valence-electron chi connectivity index (χ0n) is 9.34. The third kappa shape index (κ3) is 3.11. The van der Waals surface area contributed by atoms with E-state index in [2.05, 4.69) is 4.99 Å². The second kappa shape index (κ2) is 4.83. The number of aliphatic imine (C=N–C) groups is 1. The van der Waals surface area contributed by atoms with Gasteiger partial charge >= 0.3 is 0 Å². The van der Waals surface area contributed by atoms with Crippen molar-refractivity contribution in [3.63, 3.8) is 0 Å². The molecular weight excluding hydrogens is 280 g/mol. The molecule has 9 heteroatoms. The summed E-state index contributed by atoms with van der Waals surface area (Å²) < 4.78 is 22.9. The summed E-state index contributed by atoms with van der Waals surface area (Å²) in [4.78, 5) is 14.6. The molecular formula is C9H11ClN4O3S. The summed E-state index contributed by atoms with van der Waals surface area (Å²) in [6.45, 7) is 0. The lowest BCUT2D eigenvalue weighted by molar-refractivity contribution is 0.100. The van der Waals surface area contributed by atoms with Gasteiger partial charge in [-0.2, -0.15) is 4.99 Å². The molecule has 0 bridgehead atoms. The van der Waals surface area contributed by atoms with Gasteiger partial charge in [0.1, 0.15) is 0 Å². The lowest BCUT2D eigenvalue weighted by atomic mass is 10.2. The van der Waals surface area contributed by atoms with Crippen LogP contribution in [0.25, 0.3) is 0 Å². The third-order valence-corrected chi connectivity index (χ3v) is 3.60. The van der Waals surface area contributed by atoms with Crippen molar-refractivity contribution in [3.8, 4) is 0 Å². The van der Waals surface area contributed by atoms with Gasteiger partial charge in [-0.05, 0) is 12.1 Å². The molecule has 1 rings (SSSR count). The minimum atomic E-state index is -3.62. The number of rotatable bonds is 2. The maximum atomic E-state index is 11.6. The van der Waals surface area contributed by atoms with Crippen molar-refractivity contribution in [2.24, 2.45) is 16.5 Å². The molecule has 0 saturated heterocycles. The molecule has 18 heavy (non-hydrogen) atoms. The molecule has 0 atom stereocenters. The molecule has 98 valence electrons. The van der Waals surface area contributed by atoms with Crippen molar-refractivity contribution < 1.29 is 13.2 Å². The summed E-state index contributed by atoms with van der Waals surface area (Å²) in [5.74, 6) is -1.24. The number of carbonyl (C=O) groups is 1. The van der Waals surface area contributed by atoms with E-state index >= 15 is 0 Å². The van der Waals surface area contributed by atoms with Crippen LogP contribution in [0, 0.1) is 0 Å². The quantitative estimate of drug-likeness (QED) is 0.389. The number of sulfone groups is 1. The van der Waals surface area contributed by atoms with Gasteiger partial charge in [-0.25, -0.2) is 8.42 Å². The molecule has 0 radical (unpaired) electrons. The van der Waals surface area contributed by atoms with Crippen molar-refractivity contribution in [1.29, 1.82) is 0 Å². The first-order valence-corrected chi connectivity index (χ1v) is 6.83. The van der Waals surface area contributed by atoms with Crippen LogP contribution in [-0.2, 0) is 9.84 Å². The van der Waals surface area contributed by atoms with Crippen LogP contribution in [0.1, 0.15) is 10.4 Å². The van der Waals surface area contributed by atoms with E-state index in [1.54, 1.807) is 0 Å². The molecule has 1 aromatic carbocycles. The third-order valence-electron chi connectivity index (χ3n) is 1.94. The molecule has 0 heterocycles. The molecule has 0 saturated carbocycles. The van der Waals surface area contributed by atoms with E-state index in [4.69, 9.17) is 28.8 Å². The lowest BCUT2D eigenvalue weighted by Gasteiger charge is -2.07. The molecule has 0 unspecified atom stereocenters. The SMILES string of the molecule is CS(=O)(=O)c1cc(C(=O)N=C(N)N)cc(N)c1Cl. The largest absolute Gasteiger partial charge is 0.397 e. The van der Waals surface area contributed by atoms with Gasteiger partial charge in [0, 0.05) is 11.8 Å².